The first kappa shape index (κ1) is 54.9. The van der Waals surface area contributed by atoms with Crippen molar-refractivity contribution < 1.29 is 32.8 Å². The van der Waals surface area contributed by atoms with Crippen LogP contribution in [0.25, 0.3) is 0 Å². The van der Waals surface area contributed by atoms with Crippen LogP contribution in [0.3, 0.4) is 0 Å². The lowest BCUT2D eigenvalue weighted by Gasteiger charge is -2.20. The molecule has 0 spiro atoms. The zero-order valence-electron chi connectivity index (χ0n) is 36.6. The highest BCUT2D eigenvalue weighted by Gasteiger charge is 2.25. The maximum absolute atomic E-state index is 12.6. The normalized spacial score (nSPS) is 14.1. The third-order valence-electron chi connectivity index (χ3n) is 9.36. The van der Waals surface area contributed by atoms with Crippen molar-refractivity contribution in [2.45, 2.75) is 193 Å². The quantitative estimate of drug-likeness (QED) is 0.0270. The summed E-state index contributed by atoms with van der Waals surface area (Å²) in [5.74, 6) is -0.345. The van der Waals surface area contributed by atoms with Crippen molar-refractivity contribution in [2.75, 3.05) is 33.0 Å². The number of rotatable bonds is 43. The number of carbonyl (C=O) groups excluding carboxylic acids is 1. The van der Waals surface area contributed by atoms with Gasteiger partial charge in [0.25, 0.3) is 0 Å². The van der Waals surface area contributed by atoms with Crippen LogP contribution in [0.2, 0.25) is 0 Å². The van der Waals surface area contributed by atoms with Crippen molar-refractivity contribution in [1.29, 1.82) is 0 Å². The third-order valence-corrected chi connectivity index (χ3v) is 10.3. The lowest BCUT2D eigenvalue weighted by Crippen LogP contribution is -2.28. The first-order valence-electron chi connectivity index (χ1n) is 22.9. The number of ether oxygens (including phenoxy) is 2. The molecule has 9 heteroatoms. The molecule has 0 aliphatic rings. The SMILES string of the molecule is CC/C=C\C/C=C\C/C=C\C/C=C\CCCCCCCCCCC(=O)OC(COCCCCCCCC/C=C\C/C=C\CCCCCC)COP(=O)(O)OCCN. The molecule has 0 aromatic carbocycles. The predicted molar refractivity (Wildman–Crippen MR) is 242 cm³/mol. The molecule has 57 heavy (non-hydrogen) atoms. The number of phosphoric ester groups is 1. The number of phosphoric acid groups is 1. The van der Waals surface area contributed by atoms with Crippen LogP contribution in [0.4, 0.5) is 0 Å². The average Bonchev–Trinajstić information content (AvgIpc) is 3.20. The van der Waals surface area contributed by atoms with Crippen LogP contribution in [0.15, 0.2) is 72.9 Å². The van der Waals surface area contributed by atoms with Crippen LogP contribution in [0, 0.1) is 0 Å². The first-order chi connectivity index (χ1) is 27.9. The highest BCUT2D eigenvalue weighted by atomic mass is 31.2. The maximum Gasteiger partial charge on any atom is 0.472 e. The number of allylic oxidation sites excluding steroid dienone is 12. The summed E-state index contributed by atoms with van der Waals surface area (Å²) in [6, 6.07) is 0. The Hall–Kier alpha value is -2.06. The topological polar surface area (TPSA) is 117 Å². The molecule has 0 aromatic rings. The minimum atomic E-state index is -4.29. The molecule has 0 saturated carbocycles. The summed E-state index contributed by atoms with van der Waals surface area (Å²) in [4.78, 5) is 22.5. The molecule has 0 fully saturated rings. The van der Waals surface area contributed by atoms with Gasteiger partial charge in [0, 0.05) is 19.6 Å². The van der Waals surface area contributed by atoms with E-state index in [1.807, 2.05) is 0 Å². The van der Waals surface area contributed by atoms with E-state index in [0.29, 0.717) is 13.0 Å². The van der Waals surface area contributed by atoms with Gasteiger partial charge in [-0.15, -0.1) is 0 Å². The van der Waals surface area contributed by atoms with E-state index in [2.05, 4.69) is 86.8 Å². The fourth-order valence-electron chi connectivity index (χ4n) is 6.02. The minimum Gasteiger partial charge on any atom is -0.457 e. The van der Waals surface area contributed by atoms with Crippen molar-refractivity contribution in [2.24, 2.45) is 5.73 Å². The zero-order chi connectivity index (χ0) is 41.6. The predicted octanol–water partition coefficient (Wildman–Crippen LogP) is 13.9. The molecule has 2 unspecified atom stereocenters. The number of carbonyl (C=O) groups is 1. The second kappa shape index (κ2) is 45.0. The molecular formula is C48H86NO7P. The van der Waals surface area contributed by atoms with Gasteiger partial charge in [-0.25, -0.2) is 4.57 Å². The Labute approximate surface area is 350 Å². The highest BCUT2D eigenvalue weighted by Crippen LogP contribution is 2.43. The number of esters is 1. The summed E-state index contributed by atoms with van der Waals surface area (Å²) in [7, 11) is -4.29. The Bertz CT molecular complexity index is 1100. The van der Waals surface area contributed by atoms with E-state index >= 15 is 0 Å². The summed E-state index contributed by atoms with van der Waals surface area (Å²) in [5.41, 5.74) is 5.37. The smallest absolute Gasteiger partial charge is 0.457 e. The Morgan fingerprint density at radius 3 is 1.47 bits per heavy atom. The molecule has 0 aliphatic heterocycles. The number of nitrogens with two attached hydrogens (primary N) is 1. The van der Waals surface area contributed by atoms with Crippen molar-refractivity contribution in [3.63, 3.8) is 0 Å². The average molecular weight is 820 g/mol. The lowest BCUT2D eigenvalue weighted by atomic mass is 10.1. The van der Waals surface area contributed by atoms with Gasteiger partial charge in [-0.3, -0.25) is 13.8 Å². The van der Waals surface area contributed by atoms with E-state index in [9.17, 15) is 14.3 Å². The monoisotopic (exact) mass is 820 g/mol. The third kappa shape index (κ3) is 44.9. The standard InChI is InChI=1S/C48H86NO7P/c1-3-5-7-9-11-13-15-17-19-21-22-23-24-25-27-29-31-33-35-37-39-41-48(50)56-47(46-55-57(51,52)54-44-42-49)45-53-43-40-38-36-34-32-30-28-26-20-18-16-14-12-10-8-6-4-2/h5,7,11,13-14,16-17,19-20,22-23,26,47H,3-4,6,8-10,12,15,18,21,24-25,27-46,49H2,1-2H3,(H,51,52)/b7-5-,13-11-,16-14-,19-17-,23-22-,26-20-. The molecule has 2 atom stereocenters. The Kier molecular flexibility index (Phi) is 43.4. The Morgan fingerprint density at radius 1 is 0.544 bits per heavy atom. The Balaban J connectivity index is 4.05. The first-order valence-corrected chi connectivity index (χ1v) is 24.4. The molecule has 3 N–H and O–H groups in total. The van der Waals surface area contributed by atoms with Gasteiger partial charge in [-0.2, -0.15) is 0 Å². The Morgan fingerprint density at radius 2 is 0.982 bits per heavy atom. The van der Waals surface area contributed by atoms with E-state index in [1.54, 1.807) is 0 Å². The van der Waals surface area contributed by atoms with Crippen molar-refractivity contribution in [3.8, 4) is 0 Å². The molecule has 0 rings (SSSR count). The zero-order valence-corrected chi connectivity index (χ0v) is 37.4. The van der Waals surface area contributed by atoms with Crippen LogP contribution < -0.4 is 5.73 Å². The van der Waals surface area contributed by atoms with Crippen LogP contribution >= 0.6 is 7.82 Å². The molecule has 0 aromatic heterocycles. The van der Waals surface area contributed by atoms with Gasteiger partial charge in [-0.1, -0.05) is 170 Å². The minimum absolute atomic E-state index is 0.0936. The van der Waals surface area contributed by atoms with E-state index in [-0.39, 0.29) is 32.3 Å². The van der Waals surface area contributed by atoms with Gasteiger partial charge in [0.15, 0.2) is 0 Å². The molecule has 0 aliphatic carbocycles. The molecule has 0 heterocycles. The van der Waals surface area contributed by atoms with Crippen LogP contribution in [0.5, 0.6) is 0 Å². The van der Waals surface area contributed by atoms with Crippen LogP contribution in [0.1, 0.15) is 187 Å². The van der Waals surface area contributed by atoms with Gasteiger partial charge >= 0.3 is 13.8 Å². The number of hydrogen-bond donors (Lipinski definition) is 2. The van der Waals surface area contributed by atoms with E-state index in [4.69, 9.17) is 24.3 Å². The summed E-state index contributed by atoms with van der Waals surface area (Å²) in [5, 5.41) is 0. The van der Waals surface area contributed by atoms with E-state index < -0.39 is 13.9 Å². The van der Waals surface area contributed by atoms with Gasteiger partial charge in [0.05, 0.1) is 19.8 Å². The van der Waals surface area contributed by atoms with Gasteiger partial charge in [0.1, 0.15) is 6.10 Å². The summed E-state index contributed by atoms with van der Waals surface area (Å²) >= 11 is 0. The van der Waals surface area contributed by atoms with E-state index in [0.717, 1.165) is 83.5 Å². The summed E-state index contributed by atoms with van der Waals surface area (Å²) in [6.07, 6.45) is 56.3. The van der Waals surface area contributed by atoms with Crippen molar-refractivity contribution >= 4 is 13.8 Å². The second-order valence-electron chi connectivity index (χ2n) is 14.9. The lowest BCUT2D eigenvalue weighted by molar-refractivity contribution is -0.154. The molecule has 8 nitrogen and oxygen atoms in total. The molecule has 0 saturated heterocycles. The molecule has 0 amide bonds. The van der Waals surface area contributed by atoms with Crippen LogP contribution in [-0.4, -0.2) is 49.9 Å². The molecule has 330 valence electrons. The highest BCUT2D eigenvalue weighted by molar-refractivity contribution is 7.47. The van der Waals surface area contributed by atoms with E-state index in [1.165, 1.54) is 83.5 Å². The fourth-order valence-corrected chi connectivity index (χ4v) is 6.78. The number of hydrogen-bond acceptors (Lipinski definition) is 7. The summed E-state index contributed by atoms with van der Waals surface area (Å²) in [6.45, 7) is 4.75. The molecule has 0 radical (unpaired) electrons. The van der Waals surface area contributed by atoms with Crippen molar-refractivity contribution in [1.82, 2.24) is 0 Å². The summed E-state index contributed by atoms with van der Waals surface area (Å²) < 4.78 is 33.5. The molecular weight excluding hydrogens is 734 g/mol. The molecule has 0 bridgehead atoms. The maximum atomic E-state index is 12.6. The van der Waals surface area contributed by atoms with Gasteiger partial charge in [0.2, 0.25) is 0 Å². The second-order valence-corrected chi connectivity index (χ2v) is 16.3. The number of unbranched alkanes of at least 4 members (excludes halogenated alkanes) is 18. The van der Waals surface area contributed by atoms with Crippen molar-refractivity contribution in [3.05, 3.63) is 72.9 Å². The van der Waals surface area contributed by atoms with Gasteiger partial charge < -0.3 is 20.1 Å². The van der Waals surface area contributed by atoms with Gasteiger partial charge in [-0.05, 0) is 83.5 Å². The largest absolute Gasteiger partial charge is 0.472 e. The van der Waals surface area contributed by atoms with Crippen LogP contribution in [-0.2, 0) is 27.9 Å². The fraction of sp³-hybridized carbons (Fsp3) is 0.729.